The average Bonchev–Trinajstić information content (AvgIpc) is 2.53. The van der Waals surface area contributed by atoms with Crippen molar-refractivity contribution in [3.8, 4) is 5.75 Å². The lowest BCUT2D eigenvalue weighted by molar-refractivity contribution is 0.108. The molecule has 3 rings (SSSR count). The molecule has 3 aromatic rings. The zero-order valence-electron chi connectivity index (χ0n) is 12.0. The molecule has 2 nitrogen and oxygen atoms in total. The maximum atomic E-state index is 10.3. The fourth-order valence-electron chi connectivity index (χ4n) is 2.48. The van der Waals surface area contributed by atoms with E-state index in [9.17, 15) is 5.11 Å². The van der Waals surface area contributed by atoms with Crippen LogP contribution in [0.25, 0.3) is 10.8 Å². The number of aryl methyl sites for hydroxylation is 1. The molecule has 0 spiro atoms. The van der Waals surface area contributed by atoms with E-state index < -0.39 is 6.10 Å². The summed E-state index contributed by atoms with van der Waals surface area (Å²) in [6.45, 7) is 2.25. The Morgan fingerprint density at radius 3 is 2.43 bits per heavy atom. The summed E-state index contributed by atoms with van der Waals surface area (Å²) in [6.07, 6.45) is -0.613. The van der Waals surface area contributed by atoms with E-state index in [1.165, 1.54) is 5.39 Å². The molecule has 21 heavy (non-hydrogen) atoms. The smallest absolute Gasteiger partial charge is 0.120 e. The molecule has 0 aromatic heterocycles. The quantitative estimate of drug-likeness (QED) is 0.772. The van der Waals surface area contributed by atoms with Crippen molar-refractivity contribution in [2.45, 2.75) is 13.0 Å². The Kier molecular flexibility index (Phi) is 3.89. The van der Waals surface area contributed by atoms with Crippen molar-refractivity contribution in [3.63, 3.8) is 0 Å². The van der Waals surface area contributed by atoms with Gasteiger partial charge in [0.05, 0.1) is 0 Å². The lowest BCUT2D eigenvalue weighted by Gasteiger charge is -2.15. The molecule has 106 valence electrons. The number of aliphatic hydroxyl groups excluding tert-OH is 1. The summed E-state index contributed by atoms with van der Waals surface area (Å²) in [5.41, 5.74) is 1.99. The van der Waals surface area contributed by atoms with Gasteiger partial charge in [0.1, 0.15) is 18.5 Å². The highest BCUT2D eigenvalue weighted by atomic mass is 16.5. The van der Waals surface area contributed by atoms with Crippen molar-refractivity contribution in [2.75, 3.05) is 6.61 Å². The summed E-state index contributed by atoms with van der Waals surface area (Å²) in [7, 11) is 0. The van der Waals surface area contributed by atoms with E-state index in [1.807, 2.05) is 61.5 Å². The minimum Gasteiger partial charge on any atom is -0.491 e. The van der Waals surface area contributed by atoms with Crippen LogP contribution in [0, 0.1) is 6.92 Å². The third kappa shape index (κ3) is 3.06. The number of fused-ring (bicyclic) bond motifs is 1. The van der Waals surface area contributed by atoms with E-state index in [4.69, 9.17) is 4.74 Å². The van der Waals surface area contributed by atoms with Gasteiger partial charge in [0.15, 0.2) is 0 Å². The van der Waals surface area contributed by atoms with Crippen LogP contribution in [0.2, 0.25) is 0 Å². The molecule has 0 saturated carbocycles. The van der Waals surface area contributed by atoms with Gasteiger partial charge in [-0.05, 0) is 41.0 Å². The van der Waals surface area contributed by atoms with E-state index in [2.05, 4.69) is 12.1 Å². The van der Waals surface area contributed by atoms with Crippen molar-refractivity contribution in [2.24, 2.45) is 0 Å². The first-order valence-corrected chi connectivity index (χ1v) is 7.09. The molecule has 1 atom stereocenters. The van der Waals surface area contributed by atoms with Gasteiger partial charge >= 0.3 is 0 Å². The molecule has 0 radical (unpaired) electrons. The van der Waals surface area contributed by atoms with Crippen molar-refractivity contribution < 1.29 is 9.84 Å². The van der Waals surface area contributed by atoms with Gasteiger partial charge < -0.3 is 9.84 Å². The summed E-state index contributed by atoms with van der Waals surface area (Å²) >= 11 is 0. The molecule has 0 aliphatic rings. The molecule has 2 heteroatoms. The van der Waals surface area contributed by atoms with E-state index >= 15 is 0 Å². The molecule has 0 amide bonds. The Hall–Kier alpha value is -2.32. The second kappa shape index (κ2) is 5.98. The first kappa shape index (κ1) is 13.7. The highest BCUT2D eigenvalue weighted by molar-refractivity contribution is 5.83. The summed E-state index contributed by atoms with van der Waals surface area (Å²) < 4.78 is 5.74. The van der Waals surface area contributed by atoms with Crippen molar-refractivity contribution in [3.05, 3.63) is 77.9 Å². The molecule has 0 bridgehead atoms. The van der Waals surface area contributed by atoms with E-state index in [0.717, 1.165) is 22.3 Å². The van der Waals surface area contributed by atoms with Crippen LogP contribution >= 0.6 is 0 Å². The SMILES string of the molecule is Cc1ccccc1C(O)COc1ccc2ccccc2c1. The van der Waals surface area contributed by atoms with Gasteiger partial charge in [-0.25, -0.2) is 0 Å². The number of rotatable bonds is 4. The second-order valence-corrected chi connectivity index (χ2v) is 5.19. The number of aliphatic hydroxyl groups is 1. The van der Waals surface area contributed by atoms with Gasteiger partial charge in [-0.2, -0.15) is 0 Å². The van der Waals surface area contributed by atoms with Crippen molar-refractivity contribution >= 4 is 10.8 Å². The molecule has 0 aliphatic heterocycles. The van der Waals surface area contributed by atoms with Crippen LogP contribution < -0.4 is 4.74 Å². The van der Waals surface area contributed by atoms with Crippen LogP contribution in [0.1, 0.15) is 17.2 Å². The summed E-state index contributed by atoms with van der Waals surface area (Å²) in [6, 6.07) is 22.0. The molecule has 0 fully saturated rings. The van der Waals surface area contributed by atoms with Gasteiger partial charge in [-0.1, -0.05) is 54.6 Å². The van der Waals surface area contributed by atoms with Crippen LogP contribution in [-0.4, -0.2) is 11.7 Å². The number of hydrogen-bond acceptors (Lipinski definition) is 2. The fraction of sp³-hybridized carbons (Fsp3) is 0.158. The number of ether oxygens (including phenoxy) is 1. The van der Waals surface area contributed by atoms with E-state index in [0.29, 0.717) is 0 Å². The lowest BCUT2D eigenvalue weighted by atomic mass is 10.0. The largest absolute Gasteiger partial charge is 0.491 e. The third-order valence-electron chi connectivity index (χ3n) is 3.68. The Labute approximate surface area is 124 Å². The molecule has 0 aliphatic carbocycles. The second-order valence-electron chi connectivity index (χ2n) is 5.19. The van der Waals surface area contributed by atoms with Gasteiger partial charge in [-0.3, -0.25) is 0 Å². The minimum atomic E-state index is -0.613. The molecule has 0 saturated heterocycles. The van der Waals surface area contributed by atoms with Crippen molar-refractivity contribution in [1.82, 2.24) is 0 Å². The van der Waals surface area contributed by atoms with Crippen LogP contribution in [0.4, 0.5) is 0 Å². The van der Waals surface area contributed by atoms with E-state index in [1.54, 1.807) is 0 Å². The zero-order valence-corrected chi connectivity index (χ0v) is 12.0. The number of benzene rings is 3. The van der Waals surface area contributed by atoms with Gasteiger partial charge in [0.25, 0.3) is 0 Å². The first-order valence-electron chi connectivity index (χ1n) is 7.09. The van der Waals surface area contributed by atoms with Gasteiger partial charge in [0.2, 0.25) is 0 Å². The molecular formula is C19H18O2. The van der Waals surface area contributed by atoms with Crippen LogP contribution in [0.3, 0.4) is 0 Å². The lowest BCUT2D eigenvalue weighted by Crippen LogP contribution is -2.10. The molecule has 0 heterocycles. The zero-order chi connectivity index (χ0) is 14.7. The first-order chi connectivity index (χ1) is 10.2. The maximum Gasteiger partial charge on any atom is 0.120 e. The van der Waals surface area contributed by atoms with Crippen LogP contribution in [0.15, 0.2) is 66.7 Å². The standard InChI is InChI=1S/C19H18O2/c1-14-6-2-5-9-18(14)19(20)13-21-17-11-10-15-7-3-4-8-16(15)12-17/h2-12,19-20H,13H2,1H3. The highest BCUT2D eigenvalue weighted by Crippen LogP contribution is 2.23. The Balaban J connectivity index is 1.73. The Bertz CT molecular complexity index is 749. The van der Waals surface area contributed by atoms with Crippen LogP contribution in [0.5, 0.6) is 5.75 Å². The van der Waals surface area contributed by atoms with Gasteiger partial charge in [0, 0.05) is 0 Å². The predicted octanol–water partition coefficient (Wildman–Crippen LogP) is 4.26. The highest BCUT2D eigenvalue weighted by Gasteiger charge is 2.10. The Morgan fingerprint density at radius 2 is 1.62 bits per heavy atom. The maximum absolute atomic E-state index is 10.3. The Morgan fingerprint density at radius 1 is 0.905 bits per heavy atom. The summed E-state index contributed by atoms with van der Waals surface area (Å²) in [5.74, 6) is 0.779. The molecule has 1 N–H and O–H groups in total. The fourth-order valence-corrected chi connectivity index (χ4v) is 2.48. The number of hydrogen-bond donors (Lipinski definition) is 1. The molecular weight excluding hydrogens is 260 g/mol. The average molecular weight is 278 g/mol. The monoisotopic (exact) mass is 278 g/mol. The van der Waals surface area contributed by atoms with Gasteiger partial charge in [-0.15, -0.1) is 0 Å². The minimum absolute atomic E-state index is 0.253. The normalized spacial score (nSPS) is 12.3. The molecule has 1 unspecified atom stereocenters. The third-order valence-corrected chi connectivity index (χ3v) is 3.68. The molecule has 3 aromatic carbocycles. The topological polar surface area (TPSA) is 29.5 Å². The summed E-state index contributed by atoms with van der Waals surface area (Å²) in [5, 5.41) is 12.6. The predicted molar refractivity (Wildman–Crippen MR) is 85.6 cm³/mol. The van der Waals surface area contributed by atoms with E-state index in [-0.39, 0.29) is 6.61 Å². The summed E-state index contributed by atoms with van der Waals surface area (Å²) in [4.78, 5) is 0. The van der Waals surface area contributed by atoms with Crippen LogP contribution in [-0.2, 0) is 0 Å². The van der Waals surface area contributed by atoms with Crippen molar-refractivity contribution in [1.29, 1.82) is 0 Å².